The Balaban J connectivity index is 1.73. The van der Waals surface area contributed by atoms with Gasteiger partial charge in [0.2, 0.25) is 0 Å². The molecule has 0 unspecified atom stereocenters. The topological polar surface area (TPSA) is 19.4 Å². The maximum Gasteiger partial charge on any atom is 0.128 e. The van der Waals surface area contributed by atoms with E-state index in [-0.39, 0.29) is 0 Å². The molecule has 0 spiro atoms. The number of hydrogen-bond acceptors (Lipinski definition) is 3. The fourth-order valence-corrected chi connectivity index (χ4v) is 3.42. The number of nitrogens with zero attached hydrogens (tertiary/aromatic N) is 3. The van der Waals surface area contributed by atoms with E-state index in [0.717, 1.165) is 41.1 Å². The van der Waals surface area contributed by atoms with Crippen LogP contribution in [0, 0.1) is 0 Å². The highest BCUT2D eigenvalue weighted by Gasteiger charge is 2.23. The maximum absolute atomic E-state index is 4.78. The van der Waals surface area contributed by atoms with Gasteiger partial charge in [0.15, 0.2) is 0 Å². The summed E-state index contributed by atoms with van der Waals surface area (Å²) in [5.41, 5.74) is 7.22. The second-order valence-corrected chi connectivity index (χ2v) is 6.82. The van der Waals surface area contributed by atoms with Crippen LogP contribution in [-0.2, 0) is 13.0 Å². The Morgan fingerprint density at radius 1 is 1.08 bits per heavy atom. The van der Waals surface area contributed by atoms with Gasteiger partial charge in [-0.2, -0.15) is 0 Å². The van der Waals surface area contributed by atoms with Gasteiger partial charge >= 0.3 is 0 Å². The van der Waals surface area contributed by atoms with E-state index in [1.54, 1.807) is 0 Å². The lowest BCUT2D eigenvalue weighted by atomic mass is 10.0. The Bertz CT molecular complexity index is 972. The highest BCUT2D eigenvalue weighted by Crippen LogP contribution is 2.37. The number of anilines is 2. The van der Waals surface area contributed by atoms with Crippen molar-refractivity contribution in [2.45, 2.75) is 19.9 Å². The normalized spacial score (nSPS) is 13.4. The Hall–Kier alpha value is -2.81. The van der Waals surface area contributed by atoms with Crippen molar-refractivity contribution in [1.82, 2.24) is 4.98 Å². The molecule has 25 heavy (non-hydrogen) atoms. The van der Waals surface area contributed by atoms with Gasteiger partial charge in [-0.15, -0.1) is 0 Å². The first kappa shape index (κ1) is 15.7. The highest BCUT2D eigenvalue weighted by molar-refractivity contribution is 5.89. The lowest BCUT2D eigenvalue weighted by Crippen LogP contribution is -2.13. The minimum Gasteiger partial charge on any atom is -0.363 e. The zero-order chi connectivity index (χ0) is 17.6. The molecule has 3 nitrogen and oxygen atoms in total. The summed E-state index contributed by atoms with van der Waals surface area (Å²) in [6.45, 7) is 7.41. The molecule has 0 fully saturated rings. The van der Waals surface area contributed by atoms with Crippen LogP contribution >= 0.6 is 0 Å². The van der Waals surface area contributed by atoms with Crippen LogP contribution in [0.1, 0.15) is 23.6 Å². The van der Waals surface area contributed by atoms with Gasteiger partial charge in [-0.3, -0.25) is 0 Å². The van der Waals surface area contributed by atoms with Crippen molar-refractivity contribution in [1.29, 1.82) is 0 Å². The van der Waals surface area contributed by atoms with Crippen LogP contribution in [0.5, 0.6) is 0 Å². The molecule has 0 saturated heterocycles. The molecule has 2 heterocycles. The molecule has 0 atom stereocenters. The van der Waals surface area contributed by atoms with Crippen LogP contribution in [0.15, 0.2) is 55.1 Å². The van der Waals surface area contributed by atoms with Gasteiger partial charge in [0.05, 0.1) is 5.52 Å². The number of hydrogen-bond donors (Lipinski definition) is 0. The molecule has 3 aromatic rings. The molecule has 126 valence electrons. The first-order valence-corrected chi connectivity index (χ1v) is 8.73. The van der Waals surface area contributed by atoms with Crippen LogP contribution in [0.2, 0.25) is 0 Å². The number of aromatic nitrogens is 1. The van der Waals surface area contributed by atoms with E-state index in [0.29, 0.717) is 0 Å². The van der Waals surface area contributed by atoms with E-state index in [4.69, 9.17) is 4.98 Å². The van der Waals surface area contributed by atoms with Crippen LogP contribution in [0.4, 0.5) is 11.5 Å². The minimum atomic E-state index is 0.872. The summed E-state index contributed by atoms with van der Waals surface area (Å²) in [5, 5.41) is 1.16. The molecule has 0 aliphatic carbocycles. The maximum atomic E-state index is 4.78. The smallest absolute Gasteiger partial charge is 0.128 e. The molecular weight excluding hydrogens is 306 g/mol. The van der Waals surface area contributed by atoms with Gasteiger partial charge in [-0.05, 0) is 47.9 Å². The number of pyridine rings is 1. The molecule has 0 N–H and O–H groups in total. The third-order valence-electron chi connectivity index (χ3n) is 4.98. The predicted octanol–water partition coefficient (Wildman–Crippen LogP) is 4.85. The van der Waals surface area contributed by atoms with E-state index >= 15 is 0 Å². The van der Waals surface area contributed by atoms with E-state index in [2.05, 4.69) is 66.9 Å². The average Bonchev–Trinajstić information content (AvgIpc) is 2.96. The number of rotatable bonds is 3. The zero-order valence-corrected chi connectivity index (χ0v) is 15.1. The Morgan fingerprint density at radius 3 is 2.64 bits per heavy atom. The number of fused-ring (bicyclic) bond motifs is 2. The molecule has 0 bridgehead atoms. The quantitative estimate of drug-likeness (QED) is 0.684. The number of aryl methyl sites for hydroxylation is 1. The third-order valence-corrected chi connectivity index (χ3v) is 4.98. The summed E-state index contributed by atoms with van der Waals surface area (Å²) < 4.78 is 0. The third kappa shape index (κ3) is 2.66. The molecular formula is C22H23N3. The van der Waals surface area contributed by atoms with Gasteiger partial charge in [-0.25, -0.2) is 4.98 Å². The summed E-state index contributed by atoms with van der Waals surface area (Å²) in [7, 11) is 4.03. The first-order chi connectivity index (χ1) is 12.1. The molecule has 3 heteroatoms. The molecule has 0 radical (unpaired) electrons. The fourth-order valence-electron chi connectivity index (χ4n) is 3.42. The Labute approximate surface area is 149 Å². The van der Waals surface area contributed by atoms with E-state index in [9.17, 15) is 0 Å². The van der Waals surface area contributed by atoms with Gasteiger partial charge in [0.1, 0.15) is 5.82 Å². The van der Waals surface area contributed by atoms with Gasteiger partial charge in [0, 0.05) is 43.0 Å². The van der Waals surface area contributed by atoms with Crippen molar-refractivity contribution < 1.29 is 0 Å². The van der Waals surface area contributed by atoms with E-state index < -0.39 is 0 Å². The second-order valence-electron chi connectivity index (χ2n) is 6.82. The largest absolute Gasteiger partial charge is 0.363 e. The SMILES string of the molecule is C=C1c2cc(CC)ccc2CN1c1ccc2ccc(N(C)C)nc2c1. The van der Waals surface area contributed by atoms with Crippen LogP contribution in [0.3, 0.4) is 0 Å². The first-order valence-electron chi connectivity index (χ1n) is 8.73. The lowest BCUT2D eigenvalue weighted by Gasteiger charge is -2.20. The molecule has 0 saturated carbocycles. The standard InChI is InChI=1S/C22H23N3/c1-5-16-6-7-18-14-25(15(2)20(18)12-16)19-10-8-17-9-11-22(24(3)4)23-21(17)13-19/h6-13H,2,5,14H2,1,3-4H3. The van der Waals surface area contributed by atoms with Crippen molar-refractivity contribution in [2.24, 2.45) is 0 Å². The summed E-state index contributed by atoms with van der Waals surface area (Å²) in [5.74, 6) is 0.973. The molecule has 0 amide bonds. The zero-order valence-electron chi connectivity index (χ0n) is 15.1. The average molecular weight is 329 g/mol. The summed E-state index contributed by atoms with van der Waals surface area (Å²) in [4.78, 5) is 9.09. The number of benzene rings is 2. The fraction of sp³-hybridized carbons (Fsp3) is 0.227. The van der Waals surface area contributed by atoms with Crippen molar-refractivity contribution in [3.63, 3.8) is 0 Å². The minimum absolute atomic E-state index is 0.872. The van der Waals surface area contributed by atoms with Crippen molar-refractivity contribution >= 4 is 28.1 Å². The molecule has 1 aliphatic rings. The van der Waals surface area contributed by atoms with Gasteiger partial charge in [-0.1, -0.05) is 31.7 Å². The van der Waals surface area contributed by atoms with Crippen molar-refractivity contribution in [3.05, 3.63) is 71.8 Å². The predicted molar refractivity (Wildman–Crippen MR) is 107 cm³/mol. The molecule has 1 aromatic heterocycles. The summed E-state index contributed by atoms with van der Waals surface area (Å²) in [6, 6.07) is 17.4. The highest BCUT2D eigenvalue weighted by atomic mass is 15.2. The van der Waals surface area contributed by atoms with E-state index in [1.165, 1.54) is 16.7 Å². The Morgan fingerprint density at radius 2 is 1.88 bits per heavy atom. The van der Waals surface area contributed by atoms with Gasteiger partial charge < -0.3 is 9.80 Å². The lowest BCUT2D eigenvalue weighted by molar-refractivity contribution is 1.04. The van der Waals surface area contributed by atoms with Crippen LogP contribution in [0.25, 0.3) is 16.6 Å². The molecule has 4 rings (SSSR count). The van der Waals surface area contributed by atoms with Crippen LogP contribution in [-0.4, -0.2) is 19.1 Å². The van der Waals surface area contributed by atoms with Crippen molar-refractivity contribution in [2.75, 3.05) is 23.9 Å². The second kappa shape index (κ2) is 5.92. The molecule has 2 aromatic carbocycles. The van der Waals surface area contributed by atoms with Gasteiger partial charge in [0.25, 0.3) is 0 Å². The summed E-state index contributed by atoms with van der Waals surface area (Å²) >= 11 is 0. The Kier molecular flexibility index (Phi) is 3.72. The van der Waals surface area contributed by atoms with Crippen molar-refractivity contribution in [3.8, 4) is 0 Å². The summed E-state index contributed by atoms with van der Waals surface area (Å²) in [6.07, 6.45) is 1.05. The van der Waals surface area contributed by atoms with Crippen LogP contribution < -0.4 is 9.80 Å². The van der Waals surface area contributed by atoms with E-state index in [1.807, 2.05) is 19.0 Å². The monoisotopic (exact) mass is 329 g/mol. The molecule has 1 aliphatic heterocycles.